The lowest BCUT2D eigenvalue weighted by molar-refractivity contribution is -0.129. The minimum absolute atomic E-state index is 0.0316. The van der Waals surface area contributed by atoms with Crippen molar-refractivity contribution in [2.45, 2.75) is 87.6 Å². The van der Waals surface area contributed by atoms with E-state index in [2.05, 4.69) is 42.1 Å². The molecule has 2 fully saturated rings. The number of nitrogens with one attached hydrogen (secondary N) is 6. The summed E-state index contributed by atoms with van der Waals surface area (Å²) >= 11 is 1.86. The third kappa shape index (κ3) is 14.4. The van der Waals surface area contributed by atoms with Gasteiger partial charge in [-0.3, -0.25) is 19.2 Å². The van der Waals surface area contributed by atoms with Crippen LogP contribution in [0.5, 0.6) is 17.2 Å². The lowest BCUT2D eigenvalue weighted by Crippen LogP contribution is -2.53. The number of hydrogen-bond donors (Lipinski definition) is 7. The Kier molecular flexibility index (Phi) is 17.7. The molecule has 2 aliphatic rings. The number of phenolic OH excluding ortho intramolecular Hbond substituents is 1. The van der Waals surface area contributed by atoms with Gasteiger partial charge in [-0.2, -0.15) is 16.9 Å². The molecule has 2 heterocycles. The van der Waals surface area contributed by atoms with Crippen LogP contribution in [-0.4, -0.2) is 82.3 Å². The summed E-state index contributed by atoms with van der Waals surface area (Å²) in [6, 6.07) is 35.3. The summed E-state index contributed by atoms with van der Waals surface area (Å²) in [4.78, 5) is 64.4. The Balaban J connectivity index is 0.874. The van der Waals surface area contributed by atoms with Crippen molar-refractivity contribution in [1.29, 1.82) is 0 Å². The molecule has 5 aromatic rings. The number of fused-ring (bicyclic) bond motifs is 1. The summed E-state index contributed by atoms with van der Waals surface area (Å²) in [6.45, 7) is 3.36. The van der Waals surface area contributed by atoms with Crippen molar-refractivity contribution >= 4 is 60.4 Å². The van der Waals surface area contributed by atoms with Crippen LogP contribution in [0.4, 0.5) is 16.2 Å². The van der Waals surface area contributed by atoms with E-state index in [0.717, 1.165) is 36.1 Å². The quantitative estimate of drug-likeness (QED) is 0.0145. The Morgan fingerprint density at radius 3 is 2.06 bits per heavy atom. The molecule has 6 atom stereocenters. The molecule has 6 amide bonds. The molecule has 17 nitrogen and oxygen atoms in total. The highest BCUT2D eigenvalue weighted by Gasteiger charge is 2.43. The van der Waals surface area contributed by atoms with E-state index in [1.165, 1.54) is 32.0 Å². The number of para-hydroxylation sites is 2. The number of amides is 6. The van der Waals surface area contributed by atoms with Crippen LogP contribution in [0.25, 0.3) is 0 Å². The zero-order valence-corrected chi connectivity index (χ0v) is 40.5. The smallest absolute Gasteiger partial charge is 0.453 e. The van der Waals surface area contributed by atoms with Crippen molar-refractivity contribution in [2.24, 2.45) is 10.2 Å². The van der Waals surface area contributed by atoms with Crippen molar-refractivity contribution in [1.82, 2.24) is 31.9 Å². The van der Waals surface area contributed by atoms with Gasteiger partial charge in [-0.15, -0.1) is 5.11 Å². The number of nitrogens with zero attached hydrogens (tertiary/aromatic N) is 2. The molecule has 0 radical (unpaired) electrons. The normalized spacial score (nSPS) is 17.5. The number of azo groups is 1. The molecule has 19 heteroatoms. The van der Waals surface area contributed by atoms with E-state index in [1.807, 2.05) is 42.1 Å². The van der Waals surface area contributed by atoms with E-state index in [1.54, 1.807) is 84.9 Å². The molecule has 0 aromatic heterocycles. The zero-order chi connectivity index (χ0) is 49.5. The number of phenols is 1. The number of rotatable bonds is 23. The number of hydrogen-bond acceptors (Lipinski definition) is 12. The van der Waals surface area contributed by atoms with E-state index in [-0.39, 0.29) is 58.9 Å². The maximum Gasteiger partial charge on any atom is 0.453 e. The van der Waals surface area contributed by atoms with Gasteiger partial charge in [-0.25, -0.2) is 9.36 Å². The summed E-state index contributed by atoms with van der Waals surface area (Å²) < 4.78 is 27.0. The standard InChI is InChI=1S/C51H57N8O9PS/c1-33(48(62)53-34(2)49(63)56-46(31-35-14-6-3-7-15-35)69(66,67-39-16-8-4-9-17-39)68-40-18-10-5-11-19-40)54-50(64)37-23-25-38(26-24-37)58-59-41-30-36(22-27-43(41)60)28-29-52-45(61)21-13-12-20-44-47-42(32-70-44)55-51(65)57-47/h3-11,14-19,22-27,30,33-34,42,44,46-47,60H,12-13,20-21,28-29,31-32H2,1-2H3,(H,52,61)(H,53,62)(H,54,64)(H,56,63)(H2,55,57,65)/t33-,34-,42-,44-,46?,47-/m0/s1. The molecule has 2 aliphatic heterocycles. The highest BCUT2D eigenvalue weighted by molar-refractivity contribution is 8.00. The number of carbonyl (C=O) groups is 5. The fraction of sp³-hybridized carbons (Fsp3) is 0.314. The second kappa shape index (κ2) is 24.4. The fourth-order valence-corrected chi connectivity index (χ4v) is 11.2. The molecular weight excluding hydrogens is 932 g/mol. The van der Waals surface area contributed by atoms with Gasteiger partial charge in [0.25, 0.3) is 5.91 Å². The van der Waals surface area contributed by atoms with E-state index in [4.69, 9.17) is 9.05 Å². The van der Waals surface area contributed by atoms with Crippen molar-refractivity contribution in [3.63, 3.8) is 0 Å². The fourth-order valence-electron chi connectivity index (χ4n) is 7.82. The van der Waals surface area contributed by atoms with Crippen LogP contribution >= 0.6 is 19.4 Å². The van der Waals surface area contributed by atoms with Gasteiger partial charge in [0.1, 0.15) is 35.0 Å². The third-order valence-electron chi connectivity index (χ3n) is 11.7. The third-order valence-corrected chi connectivity index (χ3v) is 15.2. The first-order chi connectivity index (χ1) is 33.8. The summed E-state index contributed by atoms with van der Waals surface area (Å²) in [6.07, 6.45) is 3.62. The molecule has 0 bridgehead atoms. The highest BCUT2D eigenvalue weighted by atomic mass is 32.2. The van der Waals surface area contributed by atoms with Crippen LogP contribution in [0.1, 0.15) is 61.0 Å². The summed E-state index contributed by atoms with van der Waals surface area (Å²) in [5.41, 5.74) is 2.45. The lowest BCUT2D eigenvalue weighted by Gasteiger charge is -2.29. The van der Waals surface area contributed by atoms with Crippen LogP contribution in [0.15, 0.2) is 144 Å². The monoisotopic (exact) mass is 988 g/mol. The van der Waals surface area contributed by atoms with E-state index in [0.29, 0.717) is 30.3 Å². The number of urea groups is 1. The molecule has 7 N–H and O–H groups in total. The van der Waals surface area contributed by atoms with Gasteiger partial charge >= 0.3 is 13.6 Å². The second-order valence-corrected chi connectivity index (χ2v) is 20.4. The number of aromatic hydroxyl groups is 1. The average Bonchev–Trinajstić information content (AvgIpc) is 3.92. The maximum atomic E-state index is 14.8. The molecule has 5 aromatic carbocycles. The lowest BCUT2D eigenvalue weighted by atomic mass is 10.0. The predicted molar refractivity (Wildman–Crippen MR) is 268 cm³/mol. The van der Waals surface area contributed by atoms with Crippen LogP contribution in [0.2, 0.25) is 0 Å². The molecule has 0 spiro atoms. The van der Waals surface area contributed by atoms with Crippen molar-refractivity contribution in [3.05, 3.63) is 150 Å². The van der Waals surface area contributed by atoms with E-state index in [9.17, 15) is 33.6 Å². The van der Waals surface area contributed by atoms with Gasteiger partial charge < -0.3 is 46.1 Å². The Morgan fingerprint density at radius 1 is 0.757 bits per heavy atom. The summed E-state index contributed by atoms with van der Waals surface area (Å²) in [5.74, 6) is -1.70. The highest BCUT2D eigenvalue weighted by Crippen LogP contribution is 2.53. The average molecular weight is 989 g/mol. The molecule has 1 unspecified atom stereocenters. The van der Waals surface area contributed by atoms with Gasteiger partial charge in [-0.05, 0) is 105 Å². The summed E-state index contributed by atoms with van der Waals surface area (Å²) in [7, 11) is -4.23. The van der Waals surface area contributed by atoms with Gasteiger partial charge in [0, 0.05) is 36.0 Å². The number of thioether (sulfide) groups is 1. The molecule has 7 rings (SSSR count). The number of benzene rings is 5. The summed E-state index contributed by atoms with van der Waals surface area (Å²) in [5, 5.41) is 36.2. The Bertz CT molecular complexity index is 2620. The van der Waals surface area contributed by atoms with Crippen LogP contribution < -0.4 is 40.9 Å². The molecule has 70 heavy (non-hydrogen) atoms. The minimum atomic E-state index is -4.23. The SMILES string of the molecule is C[C@H](NC(=O)c1ccc(N=Nc2cc(CCNC(=O)CCCC[C@@H]3SC[C@@H]4NC(=O)N[C@@H]43)ccc2O)cc1)C(=O)N[C@@H](C)C(=O)NC(Cc1ccccc1)P(=O)(Oc1ccccc1)Oc1ccccc1. The van der Waals surface area contributed by atoms with Crippen LogP contribution in [0, 0.1) is 0 Å². The first-order valence-corrected chi connectivity index (χ1v) is 25.8. The number of carbonyl (C=O) groups excluding carboxylic acids is 5. The van der Waals surface area contributed by atoms with Gasteiger partial charge in [0.2, 0.25) is 17.7 Å². The first kappa shape index (κ1) is 50.7. The Morgan fingerprint density at radius 2 is 1.39 bits per heavy atom. The van der Waals surface area contributed by atoms with E-state index < -0.39 is 43.2 Å². The molecular formula is C51H57N8O9PS. The molecule has 2 saturated heterocycles. The first-order valence-electron chi connectivity index (χ1n) is 23.2. The number of unbranched alkanes of at least 4 members (excludes halogenated alkanes) is 1. The van der Waals surface area contributed by atoms with Gasteiger partial charge in [0.05, 0.1) is 17.8 Å². The largest absolute Gasteiger partial charge is 0.506 e. The Labute approximate surface area is 410 Å². The van der Waals surface area contributed by atoms with Crippen molar-refractivity contribution < 1.29 is 42.7 Å². The molecule has 366 valence electrons. The predicted octanol–water partition coefficient (Wildman–Crippen LogP) is 7.85. The minimum Gasteiger partial charge on any atom is -0.506 e. The Hall–Kier alpha value is -7.17. The van der Waals surface area contributed by atoms with Crippen molar-refractivity contribution in [2.75, 3.05) is 12.3 Å². The zero-order valence-electron chi connectivity index (χ0n) is 38.8. The van der Waals surface area contributed by atoms with E-state index >= 15 is 0 Å². The van der Waals surface area contributed by atoms with Crippen LogP contribution in [0.3, 0.4) is 0 Å². The van der Waals surface area contributed by atoms with Crippen molar-refractivity contribution in [3.8, 4) is 17.2 Å². The van der Waals surface area contributed by atoms with Crippen LogP contribution in [-0.2, 0) is 31.8 Å². The van der Waals surface area contributed by atoms with Gasteiger partial charge in [0.15, 0.2) is 5.78 Å². The molecule has 0 saturated carbocycles. The topological polar surface area (TPSA) is 238 Å². The molecule has 0 aliphatic carbocycles. The maximum absolute atomic E-state index is 14.8. The van der Waals surface area contributed by atoms with Gasteiger partial charge in [-0.1, -0.05) is 79.2 Å². The second-order valence-electron chi connectivity index (χ2n) is 17.0.